The van der Waals surface area contributed by atoms with Crippen molar-refractivity contribution in [3.05, 3.63) is 72.8 Å². The van der Waals surface area contributed by atoms with Crippen LogP contribution in [0.4, 0.5) is 11.4 Å². The van der Waals surface area contributed by atoms with Gasteiger partial charge in [-0.15, -0.1) is 0 Å². The van der Waals surface area contributed by atoms with E-state index in [9.17, 15) is 0 Å². The van der Waals surface area contributed by atoms with Crippen LogP contribution in [0.1, 0.15) is 0 Å². The minimum Gasteiger partial charge on any atom is -0.355 e. The van der Waals surface area contributed by atoms with Crippen LogP contribution in [0, 0.1) is 6.07 Å². The lowest BCUT2D eigenvalue weighted by Crippen LogP contribution is -1.90. The van der Waals surface area contributed by atoms with Crippen LogP contribution in [-0.4, -0.2) is 0 Å². The van der Waals surface area contributed by atoms with Gasteiger partial charge in [0.05, 0.1) is 0 Å². The summed E-state index contributed by atoms with van der Waals surface area (Å²) in [5.74, 6) is 0. The molecule has 0 heterocycles. The number of benzene rings is 3. The molecule has 1 radical (unpaired) electrons. The van der Waals surface area contributed by atoms with Gasteiger partial charge in [-0.2, -0.15) is 0 Å². The highest BCUT2D eigenvalue weighted by Gasteiger charge is 1.99. The number of fused-ring (bicyclic) bond motifs is 1. The smallest absolute Gasteiger partial charge is 0.0464 e. The minimum atomic E-state index is 0.990. The lowest BCUT2D eigenvalue weighted by atomic mass is 10.1. The summed E-state index contributed by atoms with van der Waals surface area (Å²) in [5, 5.41) is 5.86. The van der Waals surface area contributed by atoms with Crippen LogP contribution in [-0.2, 0) is 0 Å². The van der Waals surface area contributed by atoms with E-state index >= 15 is 0 Å². The van der Waals surface area contributed by atoms with E-state index in [1.54, 1.807) is 0 Å². The van der Waals surface area contributed by atoms with Gasteiger partial charge in [0.25, 0.3) is 0 Å². The molecule has 3 aromatic rings. The molecule has 17 heavy (non-hydrogen) atoms. The van der Waals surface area contributed by atoms with E-state index in [1.165, 1.54) is 10.8 Å². The van der Waals surface area contributed by atoms with Crippen LogP contribution < -0.4 is 5.32 Å². The topological polar surface area (TPSA) is 12.0 Å². The van der Waals surface area contributed by atoms with Gasteiger partial charge in [-0.25, -0.2) is 0 Å². The van der Waals surface area contributed by atoms with Gasteiger partial charge in [-0.05, 0) is 17.5 Å². The molecule has 3 rings (SSSR count). The van der Waals surface area contributed by atoms with Crippen molar-refractivity contribution in [2.45, 2.75) is 0 Å². The molecule has 0 unspecified atom stereocenters. The molecular formula is C16H12N. The molecule has 0 bridgehead atoms. The summed E-state index contributed by atoms with van der Waals surface area (Å²) in [4.78, 5) is 0. The second kappa shape index (κ2) is 4.30. The second-order valence-corrected chi connectivity index (χ2v) is 3.93. The Balaban J connectivity index is 2.06. The molecule has 3 aromatic carbocycles. The summed E-state index contributed by atoms with van der Waals surface area (Å²) < 4.78 is 0. The van der Waals surface area contributed by atoms with E-state index in [-0.39, 0.29) is 0 Å². The van der Waals surface area contributed by atoms with Crippen LogP contribution >= 0.6 is 0 Å². The lowest BCUT2D eigenvalue weighted by molar-refractivity contribution is 1.57. The predicted molar refractivity (Wildman–Crippen MR) is 72.5 cm³/mol. The molecule has 0 spiro atoms. The number of hydrogen-bond acceptors (Lipinski definition) is 1. The third-order valence-corrected chi connectivity index (χ3v) is 2.77. The van der Waals surface area contributed by atoms with Gasteiger partial charge in [-0.1, -0.05) is 54.6 Å². The fourth-order valence-electron chi connectivity index (χ4n) is 1.95. The summed E-state index contributed by atoms with van der Waals surface area (Å²) in [6.45, 7) is 0. The van der Waals surface area contributed by atoms with E-state index in [0.29, 0.717) is 0 Å². The van der Waals surface area contributed by atoms with Crippen LogP contribution in [0.2, 0.25) is 0 Å². The van der Waals surface area contributed by atoms with Crippen LogP contribution in [0.15, 0.2) is 66.7 Å². The molecule has 0 fully saturated rings. The molecule has 1 N–H and O–H groups in total. The van der Waals surface area contributed by atoms with E-state index in [2.05, 4.69) is 53.8 Å². The average Bonchev–Trinajstić information content (AvgIpc) is 2.40. The maximum Gasteiger partial charge on any atom is 0.0464 e. The molecule has 1 heteroatoms. The van der Waals surface area contributed by atoms with Gasteiger partial charge in [0.1, 0.15) is 0 Å². The van der Waals surface area contributed by atoms with Crippen molar-refractivity contribution >= 4 is 22.1 Å². The Morgan fingerprint density at radius 3 is 2.47 bits per heavy atom. The van der Waals surface area contributed by atoms with Crippen molar-refractivity contribution in [1.82, 2.24) is 0 Å². The van der Waals surface area contributed by atoms with Gasteiger partial charge in [-0.3, -0.25) is 0 Å². The third kappa shape index (κ3) is 2.00. The zero-order valence-electron chi connectivity index (χ0n) is 9.35. The zero-order chi connectivity index (χ0) is 11.5. The van der Waals surface area contributed by atoms with Gasteiger partial charge in [0, 0.05) is 22.8 Å². The number of anilines is 2. The van der Waals surface area contributed by atoms with Crippen molar-refractivity contribution in [1.29, 1.82) is 0 Å². The normalized spacial score (nSPS) is 10.4. The largest absolute Gasteiger partial charge is 0.355 e. The SMILES string of the molecule is [c]1ccccc1Nc1cccc2ccccc12. The number of nitrogens with one attached hydrogen (secondary N) is 1. The van der Waals surface area contributed by atoms with Crippen LogP contribution in [0.3, 0.4) is 0 Å². The number of rotatable bonds is 2. The molecule has 81 valence electrons. The fraction of sp³-hybridized carbons (Fsp3) is 0. The predicted octanol–water partition coefficient (Wildman–Crippen LogP) is 4.38. The molecule has 0 atom stereocenters. The van der Waals surface area contributed by atoms with Crippen molar-refractivity contribution < 1.29 is 0 Å². The summed E-state index contributed by atoms with van der Waals surface area (Å²) in [7, 11) is 0. The number of para-hydroxylation sites is 1. The Bertz CT molecular complexity index is 624. The van der Waals surface area contributed by atoms with E-state index in [1.807, 2.05) is 24.3 Å². The van der Waals surface area contributed by atoms with Crippen molar-refractivity contribution in [2.24, 2.45) is 0 Å². The second-order valence-electron chi connectivity index (χ2n) is 3.93. The summed E-state index contributed by atoms with van der Waals surface area (Å²) >= 11 is 0. The zero-order valence-corrected chi connectivity index (χ0v) is 9.35. The highest BCUT2D eigenvalue weighted by atomic mass is 14.9. The van der Waals surface area contributed by atoms with E-state index < -0.39 is 0 Å². The minimum absolute atomic E-state index is 0.990. The molecular weight excluding hydrogens is 206 g/mol. The van der Waals surface area contributed by atoms with Crippen molar-refractivity contribution in [3.8, 4) is 0 Å². The molecule has 0 saturated carbocycles. The highest BCUT2D eigenvalue weighted by molar-refractivity contribution is 5.95. The first-order chi connectivity index (χ1) is 8.43. The maximum atomic E-state index is 3.39. The highest BCUT2D eigenvalue weighted by Crippen LogP contribution is 2.25. The molecule has 0 saturated heterocycles. The van der Waals surface area contributed by atoms with Crippen LogP contribution in [0.5, 0.6) is 0 Å². The van der Waals surface area contributed by atoms with Gasteiger partial charge in [0.15, 0.2) is 0 Å². The quantitative estimate of drug-likeness (QED) is 0.673. The Morgan fingerprint density at radius 2 is 1.59 bits per heavy atom. The fourth-order valence-corrected chi connectivity index (χ4v) is 1.95. The number of hydrogen-bond donors (Lipinski definition) is 1. The summed E-state index contributed by atoms with van der Waals surface area (Å²) in [6, 6.07) is 25.7. The van der Waals surface area contributed by atoms with Gasteiger partial charge >= 0.3 is 0 Å². The first kappa shape index (κ1) is 9.91. The Kier molecular flexibility index (Phi) is 2.51. The molecule has 0 aliphatic rings. The molecule has 0 aromatic heterocycles. The average molecular weight is 218 g/mol. The van der Waals surface area contributed by atoms with E-state index in [4.69, 9.17) is 0 Å². The Labute approximate surface area is 101 Å². The lowest BCUT2D eigenvalue weighted by Gasteiger charge is -2.09. The maximum absolute atomic E-state index is 3.39. The standard InChI is InChI=1S/C16H12N/c1-2-9-14(10-3-1)17-16-12-6-8-13-7-4-5-11-15(13)16/h1-9,11-12,17H. The molecule has 1 nitrogen and oxygen atoms in total. The van der Waals surface area contributed by atoms with Crippen molar-refractivity contribution in [3.63, 3.8) is 0 Å². The van der Waals surface area contributed by atoms with Gasteiger partial charge < -0.3 is 5.32 Å². The van der Waals surface area contributed by atoms with E-state index in [0.717, 1.165) is 11.4 Å². The monoisotopic (exact) mass is 218 g/mol. The Morgan fingerprint density at radius 1 is 0.765 bits per heavy atom. The molecule has 0 aliphatic carbocycles. The molecule has 0 amide bonds. The first-order valence-electron chi connectivity index (χ1n) is 5.65. The third-order valence-electron chi connectivity index (χ3n) is 2.77. The van der Waals surface area contributed by atoms with Gasteiger partial charge in [0.2, 0.25) is 0 Å². The summed E-state index contributed by atoms with van der Waals surface area (Å²) in [6.07, 6.45) is 0. The first-order valence-corrected chi connectivity index (χ1v) is 5.65. The Hall–Kier alpha value is -2.28. The molecule has 0 aliphatic heterocycles. The van der Waals surface area contributed by atoms with Crippen molar-refractivity contribution in [2.75, 3.05) is 5.32 Å². The summed E-state index contributed by atoms with van der Waals surface area (Å²) in [5.41, 5.74) is 2.11. The van der Waals surface area contributed by atoms with Crippen LogP contribution in [0.25, 0.3) is 10.8 Å².